The van der Waals surface area contributed by atoms with E-state index in [2.05, 4.69) is 32.1 Å². The number of rotatable bonds is 3. The summed E-state index contributed by atoms with van der Waals surface area (Å²) in [6.45, 7) is 4.99. The van der Waals surface area contributed by atoms with Gasteiger partial charge in [0.25, 0.3) is 0 Å². The van der Waals surface area contributed by atoms with Crippen LogP contribution in [-0.2, 0) is 17.8 Å². The summed E-state index contributed by atoms with van der Waals surface area (Å²) in [5, 5.41) is 11.4. The number of ether oxygens (including phenoxy) is 1. The van der Waals surface area contributed by atoms with Crippen molar-refractivity contribution in [2.45, 2.75) is 51.4 Å². The van der Waals surface area contributed by atoms with E-state index in [1.165, 1.54) is 0 Å². The Hall–Kier alpha value is -1.84. The van der Waals surface area contributed by atoms with Crippen molar-refractivity contribution >= 4 is 6.08 Å². The van der Waals surface area contributed by atoms with Crippen molar-refractivity contribution in [2.24, 2.45) is 5.41 Å². The molecule has 126 valence electrons. The lowest BCUT2D eigenvalue weighted by Crippen LogP contribution is -2.50. The molecule has 2 atom stereocenters. The molecule has 0 aliphatic heterocycles. The van der Waals surface area contributed by atoms with Crippen molar-refractivity contribution in [2.75, 3.05) is 0 Å². The smallest absolute Gasteiger partial charge is 0.0977 e. The van der Waals surface area contributed by atoms with Gasteiger partial charge in [-0.15, -0.1) is 0 Å². The van der Waals surface area contributed by atoms with Crippen LogP contribution >= 0.6 is 0 Å². The zero-order valence-electron chi connectivity index (χ0n) is 14.3. The average molecular weight is 324 g/mol. The Labute approximate surface area is 143 Å². The van der Waals surface area contributed by atoms with Crippen molar-refractivity contribution in [1.82, 2.24) is 0 Å². The molecule has 1 saturated carbocycles. The van der Waals surface area contributed by atoms with Crippen LogP contribution in [0, 0.1) is 5.41 Å². The van der Waals surface area contributed by atoms with Crippen LogP contribution in [0.3, 0.4) is 0 Å². The SMILES string of the molecule is CC1(C)C[C@H](OCc2ccccc2)C2=Cc3cocc3C[C@]2(O)C1. The second-order valence-corrected chi connectivity index (χ2v) is 7.99. The molecule has 2 aliphatic carbocycles. The minimum Gasteiger partial charge on any atom is -0.472 e. The first-order valence-electron chi connectivity index (χ1n) is 8.60. The molecule has 0 amide bonds. The molecular formula is C21H24O3. The first-order chi connectivity index (χ1) is 11.5. The highest BCUT2D eigenvalue weighted by Crippen LogP contribution is 2.49. The quantitative estimate of drug-likeness (QED) is 0.912. The summed E-state index contributed by atoms with van der Waals surface area (Å²) in [7, 11) is 0. The van der Waals surface area contributed by atoms with Crippen molar-refractivity contribution in [3.8, 4) is 0 Å². The van der Waals surface area contributed by atoms with Crippen LogP contribution < -0.4 is 0 Å². The summed E-state index contributed by atoms with van der Waals surface area (Å²) < 4.78 is 11.6. The van der Waals surface area contributed by atoms with Crippen LogP contribution in [0.5, 0.6) is 0 Å². The second kappa shape index (κ2) is 5.61. The fourth-order valence-corrected chi connectivity index (χ4v) is 4.28. The van der Waals surface area contributed by atoms with E-state index in [9.17, 15) is 5.11 Å². The van der Waals surface area contributed by atoms with E-state index in [0.29, 0.717) is 13.0 Å². The third-order valence-corrected chi connectivity index (χ3v) is 5.26. The van der Waals surface area contributed by atoms with Crippen LogP contribution in [0.1, 0.15) is 43.4 Å². The van der Waals surface area contributed by atoms with Crippen LogP contribution in [0.2, 0.25) is 0 Å². The van der Waals surface area contributed by atoms with E-state index >= 15 is 0 Å². The molecule has 1 aromatic carbocycles. The zero-order chi connectivity index (χ0) is 16.8. The Morgan fingerprint density at radius 3 is 2.79 bits per heavy atom. The highest BCUT2D eigenvalue weighted by atomic mass is 16.5. The van der Waals surface area contributed by atoms with Gasteiger partial charge in [-0.2, -0.15) is 0 Å². The van der Waals surface area contributed by atoms with Gasteiger partial charge < -0.3 is 14.3 Å². The minimum absolute atomic E-state index is 0.0364. The van der Waals surface area contributed by atoms with E-state index in [1.54, 1.807) is 12.5 Å². The Balaban J connectivity index is 1.64. The average Bonchev–Trinajstić information content (AvgIpc) is 2.96. The minimum atomic E-state index is -0.833. The Bertz CT molecular complexity index is 756. The molecule has 3 nitrogen and oxygen atoms in total. The number of hydrogen-bond donors (Lipinski definition) is 1. The predicted molar refractivity (Wildman–Crippen MR) is 93.4 cm³/mol. The van der Waals surface area contributed by atoms with Crippen LogP contribution in [0.25, 0.3) is 6.08 Å². The molecule has 2 aromatic rings. The van der Waals surface area contributed by atoms with Gasteiger partial charge in [0.05, 0.1) is 30.8 Å². The third kappa shape index (κ3) is 2.83. The lowest BCUT2D eigenvalue weighted by atomic mass is 9.62. The topological polar surface area (TPSA) is 42.6 Å². The molecule has 24 heavy (non-hydrogen) atoms. The van der Waals surface area contributed by atoms with E-state index < -0.39 is 5.60 Å². The number of fused-ring (bicyclic) bond motifs is 2. The maximum absolute atomic E-state index is 11.4. The molecule has 4 rings (SSSR count). The fraction of sp³-hybridized carbons (Fsp3) is 0.429. The molecule has 3 heteroatoms. The monoisotopic (exact) mass is 324 g/mol. The Morgan fingerprint density at radius 1 is 1.21 bits per heavy atom. The number of furan rings is 1. The van der Waals surface area contributed by atoms with Crippen LogP contribution in [0.4, 0.5) is 0 Å². The van der Waals surface area contributed by atoms with Gasteiger partial charge in [-0.25, -0.2) is 0 Å². The van der Waals surface area contributed by atoms with Crippen LogP contribution in [-0.4, -0.2) is 16.8 Å². The largest absolute Gasteiger partial charge is 0.472 e. The van der Waals surface area contributed by atoms with Gasteiger partial charge in [0.2, 0.25) is 0 Å². The van der Waals surface area contributed by atoms with Crippen LogP contribution in [0.15, 0.2) is 52.8 Å². The molecular weight excluding hydrogens is 300 g/mol. The molecule has 0 unspecified atom stereocenters. The van der Waals surface area contributed by atoms with Gasteiger partial charge in [-0.3, -0.25) is 0 Å². The summed E-state index contributed by atoms with van der Waals surface area (Å²) in [4.78, 5) is 0. The van der Waals surface area contributed by atoms with Crippen molar-refractivity contribution in [1.29, 1.82) is 0 Å². The van der Waals surface area contributed by atoms with Gasteiger partial charge >= 0.3 is 0 Å². The van der Waals surface area contributed by atoms with Crippen molar-refractivity contribution < 1.29 is 14.3 Å². The van der Waals surface area contributed by atoms with Gasteiger partial charge in [0.15, 0.2) is 0 Å². The molecule has 0 spiro atoms. The zero-order valence-corrected chi connectivity index (χ0v) is 14.3. The number of aliphatic hydroxyl groups is 1. The van der Waals surface area contributed by atoms with E-state index in [0.717, 1.165) is 35.1 Å². The lowest BCUT2D eigenvalue weighted by Gasteiger charge is -2.48. The first-order valence-corrected chi connectivity index (χ1v) is 8.60. The van der Waals surface area contributed by atoms with Gasteiger partial charge in [0.1, 0.15) is 0 Å². The van der Waals surface area contributed by atoms with Crippen molar-refractivity contribution in [3.63, 3.8) is 0 Å². The summed E-state index contributed by atoms with van der Waals surface area (Å²) in [5.41, 5.74) is 3.52. The Morgan fingerprint density at radius 2 is 2.00 bits per heavy atom. The van der Waals surface area contributed by atoms with Gasteiger partial charge in [-0.1, -0.05) is 44.2 Å². The van der Waals surface area contributed by atoms with E-state index in [4.69, 9.17) is 9.15 Å². The van der Waals surface area contributed by atoms with E-state index in [-0.39, 0.29) is 11.5 Å². The number of hydrogen-bond acceptors (Lipinski definition) is 3. The second-order valence-electron chi connectivity index (χ2n) is 7.99. The van der Waals surface area contributed by atoms with Gasteiger partial charge in [-0.05, 0) is 35.5 Å². The Kier molecular flexibility index (Phi) is 3.66. The summed E-state index contributed by atoms with van der Waals surface area (Å²) in [6.07, 6.45) is 7.80. The van der Waals surface area contributed by atoms with E-state index in [1.807, 2.05) is 18.2 Å². The third-order valence-electron chi connectivity index (χ3n) is 5.26. The molecule has 1 heterocycles. The normalized spacial score (nSPS) is 28.0. The summed E-state index contributed by atoms with van der Waals surface area (Å²) in [5.74, 6) is 0. The van der Waals surface area contributed by atoms with Gasteiger partial charge in [0, 0.05) is 17.5 Å². The maximum Gasteiger partial charge on any atom is 0.0977 e. The summed E-state index contributed by atoms with van der Waals surface area (Å²) in [6, 6.07) is 10.2. The molecule has 0 radical (unpaired) electrons. The standard InChI is InChI=1S/C21H24O3/c1-20(2)10-19(24-11-15-6-4-3-5-7-15)18-8-16-12-23-13-17(16)9-21(18,22)14-20/h3-8,12-13,19,22H,9-11,14H2,1-2H3/t19-,21-/m0/s1. The molecule has 1 N–H and O–H groups in total. The van der Waals surface area contributed by atoms with Crippen molar-refractivity contribution in [3.05, 3.63) is 65.1 Å². The summed E-state index contributed by atoms with van der Waals surface area (Å²) >= 11 is 0. The highest BCUT2D eigenvalue weighted by Gasteiger charge is 2.49. The first kappa shape index (κ1) is 15.7. The number of benzene rings is 1. The molecule has 2 aliphatic rings. The molecule has 1 fully saturated rings. The molecule has 1 aromatic heterocycles. The maximum atomic E-state index is 11.4. The highest BCUT2D eigenvalue weighted by molar-refractivity contribution is 5.63. The lowest BCUT2D eigenvalue weighted by molar-refractivity contribution is -0.0639. The molecule has 0 saturated heterocycles. The fourth-order valence-electron chi connectivity index (χ4n) is 4.28. The predicted octanol–water partition coefficient (Wildman–Crippen LogP) is 4.36. The molecule has 0 bridgehead atoms.